The second-order valence-corrected chi connectivity index (χ2v) is 4.87. The van der Waals surface area contributed by atoms with E-state index >= 15 is 0 Å². The molecule has 0 aliphatic heterocycles. The molecule has 3 nitrogen and oxygen atoms in total. The van der Waals surface area contributed by atoms with Gasteiger partial charge in [-0.3, -0.25) is 0 Å². The lowest BCUT2D eigenvalue weighted by molar-refractivity contribution is 0.728. The fourth-order valence-corrected chi connectivity index (χ4v) is 2.10. The summed E-state index contributed by atoms with van der Waals surface area (Å²) in [7, 11) is 0. The van der Waals surface area contributed by atoms with Gasteiger partial charge in [0.2, 0.25) is 0 Å². The van der Waals surface area contributed by atoms with Crippen LogP contribution >= 0.6 is 23.2 Å². The SMILES string of the molecule is CC(N)Cc1c(Cl)cccc1-n1cc(Cl)cn1. The van der Waals surface area contributed by atoms with E-state index in [1.165, 1.54) is 0 Å². The fraction of sp³-hybridized carbons (Fsp3) is 0.250. The first kappa shape index (κ1) is 12.4. The van der Waals surface area contributed by atoms with E-state index in [-0.39, 0.29) is 6.04 Å². The first-order valence-electron chi connectivity index (χ1n) is 5.31. The Bertz CT molecular complexity index is 520. The molecule has 1 unspecified atom stereocenters. The van der Waals surface area contributed by atoms with Gasteiger partial charge in [-0.05, 0) is 31.0 Å². The summed E-state index contributed by atoms with van der Waals surface area (Å²) < 4.78 is 1.71. The molecule has 90 valence electrons. The summed E-state index contributed by atoms with van der Waals surface area (Å²) in [4.78, 5) is 0. The Morgan fingerprint density at radius 1 is 1.41 bits per heavy atom. The lowest BCUT2D eigenvalue weighted by atomic mass is 10.1. The average molecular weight is 270 g/mol. The van der Waals surface area contributed by atoms with E-state index in [1.807, 2.05) is 25.1 Å². The molecular formula is C12H13Cl2N3. The summed E-state index contributed by atoms with van der Waals surface area (Å²) in [5.74, 6) is 0. The standard InChI is InChI=1S/C12H13Cl2N3/c1-8(15)5-10-11(14)3-2-4-12(10)17-7-9(13)6-16-17/h2-4,6-8H,5,15H2,1H3. The molecule has 2 rings (SSSR count). The molecule has 0 saturated carbocycles. The zero-order valence-corrected chi connectivity index (χ0v) is 10.9. The first-order chi connectivity index (χ1) is 8.08. The van der Waals surface area contributed by atoms with Crippen LogP contribution in [-0.4, -0.2) is 15.8 Å². The molecule has 0 fully saturated rings. The van der Waals surface area contributed by atoms with Crippen molar-refractivity contribution in [1.82, 2.24) is 9.78 Å². The third-order valence-electron chi connectivity index (χ3n) is 2.42. The Hall–Kier alpha value is -1.03. The van der Waals surface area contributed by atoms with Gasteiger partial charge in [0.1, 0.15) is 0 Å². The number of benzene rings is 1. The van der Waals surface area contributed by atoms with Gasteiger partial charge in [-0.2, -0.15) is 5.10 Å². The van der Waals surface area contributed by atoms with Crippen LogP contribution in [0.1, 0.15) is 12.5 Å². The highest BCUT2D eigenvalue weighted by Gasteiger charge is 2.11. The topological polar surface area (TPSA) is 43.8 Å². The first-order valence-corrected chi connectivity index (χ1v) is 6.07. The van der Waals surface area contributed by atoms with E-state index in [4.69, 9.17) is 28.9 Å². The van der Waals surface area contributed by atoms with E-state index in [9.17, 15) is 0 Å². The van der Waals surface area contributed by atoms with Crippen molar-refractivity contribution in [2.45, 2.75) is 19.4 Å². The molecular weight excluding hydrogens is 257 g/mol. The number of rotatable bonds is 3. The highest BCUT2D eigenvalue weighted by Crippen LogP contribution is 2.25. The van der Waals surface area contributed by atoms with Crippen LogP contribution in [0.15, 0.2) is 30.6 Å². The minimum atomic E-state index is 0.0414. The molecule has 0 bridgehead atoms. The number of halogens is 2. The Morgan fingerprint density at radius 3 is 2.76 bits per heavy atom. The van der Waals surface area contributed by atoms with Crippen molar-refractivity contribution in [3.8, 4) is 5.69 Å². The normalized spacial score (nSPS) is 12.7. The van der Waals surface area contributed by atoms with Crippen molar-refractivity contribution in [2.24, 2.45) is 5.73 Å². The van der Waals surface area contributed by atoms with Crippen molar-refractivity contribution >= 4 is 23.2 Å². The Balaban J connectivity index is 2.49. The van der Waals surface area contributed by atoms with Crippen LogP contribution in [0.4, 0.5) is 0 Å². The molecule has 0 aliphatic carbocycles. The molecule has 1 atom stereocenters. The summed E-state index contributed by atoms with van der Waals surface area (Å²) >= 11 is 12.1. The van der Waals surface area contributed by atoms with E-state index in [1.54, 1.807) is 17.1 Å². The quantitative estimate of drug-likeness (QED) is 0.931. The van der Waals surface area contributed by atoms with Gasteiger partial charge in [0.15, 0.2) is 0 Å². The van der Waals surface area contributed by atoms with Crippen molar-refractivity contribution in [3.63, 3.8) is 0 Å². The van der Waals surface area contributed by atoms with Crippen molar-refractivity contribution in [2.75, 3.05) is 0 Å². The maximum atomic E-state index is 6.20. The van der Waals surface area contributed by atoms with Crippen LogP contribution < -0.4 is 5.73 Å². The summed E-state index contributed by atoms with van der Waals surface area (Å²) in [6.07, 6.45) is 4.04. The zero-order chi connectivity index (χ0) is 12.4. The summed E-state index contributed by atoms with van der Waals surface area (Å²) in [5.41, 5.74) is 7.74. The summed E-state index contributed by atoms with van der Waals surface area (Å²) in [6, 6.07) is 5.73. The largest absolute Gasteiger partial charge is 0.328 e. The number of nitrogens with two attached hydrogens (primary N) is 1. The predicted molar refractivity (Wildman–Crippen MR) is 70.9 cm³/mol. The fourth-order valence-electron chi connectivity index (χ4n) is 1.72. The van der Waals surface area contributed by atoms with Crippen LogP contribution in [0.2, 0.25) is 10.0 Å². The predicted octanol–water partition coefficient (Wildman–Crippen LogP) is 3.07. The van der Waals surface area contributed by atoms with E-state index in [2.05, 4.69) is 5.10 Å². The maximum Gasteiger partial charge on any atom is 0.0790 e. The van der Waals surface area contributed by atoms with Crippen LogP contribution in [-0.2, 0) is 6.42 Å². The number of aromatic nitrogens is 2. The second-order valence-electron chi connectivity index (χ2n) is 4.02. The molecule has 0 radical (unpaired) electrons. The van der Waals surface area contributed by atoms with Gasteiger partial charge in [0, 0.05) is 17.3 Å². The molecule has 2 N–H and O–H groups in total. The van der Waals surface area contributed by atoms with Gasteiger partial charge in [-0.1, -0.05) is 29.3 Å². The van der Waals surface area contributed by atoms with Crippen LogP contribution in [0.3, 0.4) is 0 Å². The van der Waals surface area contributed by atoms with E-state index in [0.29, 0.717) is 16.5 Å². The molecule has 1 aromatic carbocycles. The molecule has 1 aromatic heterocycles. The summed E-state index contributed by atoms with van der Waals surface area (Å²) in [5, 5.41) is 5.47. The molecule has 0 saturated heterocycles. The lowest BCUT2D eigenvalue weighted by Crippen LogP contribution is -2.19. The Labute approximate surface area is 110 Å². The van der Waals surface area contributed by atoms with Gasteiger partial charge < -0.3 is 5.73 Å². The molecule has 0 spiro atoms. The van der Waals surface area contributed by atoms with E-state index < -0.39 is 0 Å². The van der Waals surface area contributed by atoms with Crippen LogP contribution in [0, 0.1) is 0 Å². The third-order valence-corrected chi connectivity index (χ3v) is 2.97. The average Bonchev–Trinajstić information content (AvgIpc) is 2.67. The highest BCUT2D eigenvalue weighted by molar-refractivity contribution is 6.31. The molecule has 2 aromatic rings. The number of hydrogen-bond acceptors (Lipinski definition) is 2. The van der Waals surface area contributed by atoms with Crippen molar-refractivity contribution in [3.05, 3.63) is 46.2 Å². The third kappa shape index (κ3) is 2.80. The Kier molecular flexibility index (Phi) is 3.72. The van der Waals surface area contributed by atoms with E-state index in [0.717, 1.165) is 11.3 Å². The monoisotopic (exact) mass is 269 g/mol. The molecule has 0 amide bonds. The molecule has 1 heterocycles. The molecule has 17 heavy (non-hydrogen) atoms. The van der Waals surface area contributed by atoms with Crippen molar-refractivity contribution in [1.29, 1.82) is 0 Å². The minimum Gasteiger partial charge on any atom is -0.328 e. The smallest absolute Gasteiger partial charge is 0.0790 e. The zero-order valence-electron chi connectivity index (χ0n) is 9.40. The minimum absolute atomic E-state index is 0.0414. The molecule has 0 aliphatic rings. The molecule has 5 heteroatoms. The van der Waals surface area contributed by atoms with Gasteiger partial charge in [0.05, 0.1) is 16.9 Å². The lowest BCUT2D eigenvalue weighted by Gasteiger charge is -2.13. The van der Waals surface area contributed by atoms with Crippen molar-refractivity contribution < 1.29 is 0 Å². The van der Waals surface area contributed by atoms with Gasteiger partial charge in [-0.25, -0.2) is 4.68 Å². The van der Waals surface area contributed by atoms with Gasteiger partial charge in [0.25, 0.3) is 0 Å². The maximum absolute atomic E-state index is 6.20. The second kappa shape index (κ2) is 5.08. The van der Waals surface area contributed by atoms with Crippen LogP contribution in [0.25, 0.3) is 5.69 Å². The number of nitrogens with zero attached hydrogens (tertiary/aromatic N) is 2. The van der Waals surface area contributed by atoms with Gasteiger partial charge in [-0.15, -0.1) is 0 Å². The Morgan fingerprint density at radius 2 is 2.18 bits per heavy atom. The number of hydrogen-bond donors (Lipinski definition) is 1. The highest BCUT2D eigenvalue weighted by atomic mass is 35.5. The van der Waals surface area contributed by atoms with Crippen LogP contribution in [0.5, 0.6) is 0 Å². The summed E-state index contributed by atoms with van der Waals surface area (Å²) in [6.45, 7) is 1.95. The van der Waals surface area contributed by atoms with Gasteiger partial charge >= 0.3 is 0 Å².